The minimum absolute atomic E-state index is 0.131. The Balaban J connectivity index is 2.07. The lowest BCUT2D eigenvalue weighted by molar-refractivity contribution is 0.860. The first-order chi connectivity index (χ1) is 8.56. The molecule has 0 saturated heterocycles. The molecule has 0 spiro atoms. The van der Waals surface area contributed by atoms with E-state index < -0.39 is 0 Å². The number of hydrogen-bond donors (Lipinski definition) is 2. The van der Waals surface area contributed by atoms with Gasteiger partial charge in [-0.25, -0.2) is 9.97 Å². The van der Waals surface area contributed by atoms with Crippen LogP contribution in [0.4, 0.5) is 5.82 Å². The largest absolute Gasteiger partial charge is 0.389 e. The van der Waals surface area contributed by atoms with Crippen LogP contribution in [0.1, 0.15) is 28.4 Å². The maximum Gasteiger partial charge on any atom is 0.126 e. The third kappa shape index (κ3) is 3.02. The Labute approximate surface area is 115 Å². The number of rotatable bonds is 4. The molecule has 18 heavy (non-hydrogen) atoms. The second-order valence-electron chi connectivity index (χ2n) is 3.97. The number of anilines is 1. The highest BCUT2D eigenvalue weighted by molar-refractivity contribution is 7.80. The summed E-state index contributed by atoms with van der Waals surface area (Å²) in [6.45, 7) is 4.10. The number of nitrogens with one attached hydrogen (secondary N) is 1. The lowest BCUT2D eigenvalue weighted by Crippen LogP contribution is -2.11. The molecule has 0 aliphatic carbocycles. The van der Waals surface area contributed by atoms with Crippen LogP contribution >= 0.6 is 23.6 Å². The minimum atomic E-state index is 0.131. The van der Waals surface area contributed by atoms with E-state index in [1.54, 1.807) is 17.5 Å². The fourth-order valence-electron chi connectivity index (χ4n) is 1.48. The van der Waals surface area contributed by atoms with Crippen molar-refractivity contribution in [3.8, 4) is 0 Å². The second-order valence-corrected chi connectivity index (χ2v) is 5.68. The zero-order valence-corrected chi connectivity index (χ0v) is 11.8. The molecule has 1 unspecified atom stereocenters. The summed E-state index contributed by atoms with van der Waals surface area (Å²) in [6, 6.07) is 3.86. The van der Waals surface area contributed by atoms with Crippen LogP contribution in [0.15, 0.2) is 24.5 Å². The first-order valence-electron chi connectivity index (χ1n) is 5.51. The summed E-state index contributed by atoms with van der Waals surface area (Å²) in [7, 11) is 0. The quantitative estimate of drug-likeness (QED) is 0.842. The molecule has 3 N–H and O–H groups in total. The Hall–Kier alpha value is -1.53. The van der Waals surface area contributed by atoms with Crippen molar-refractivity contribution < 1.29 is 0 Å². The number of nitrogens with two attached hydrogens (primary N) is 1. The number of aryl methyl sites for hydroxylation is 1. The van der Waals surface area contributed by atoms with Gasteiger partial charge >= 0.3 is 0 Å². The monoisotopic (exact) mass is 278 g/mol. The van der Waals surface area contributed by atoms with E-state index in [0.29, 0.717) is 4.99 Å². The molecule has 4 nitrogen and oxygen atoms in total. The smallest absolute Gasteiger partial charge is 0.126 e. The zero-order chi connectivity index (χ0) is 13.1. The molecule has 2 heterocycles. The fourth-order valence-corrected chi connectivity index (χ4v) is 2.38. The molecule has 6 heteroatoms. The Bertz CT molecular complexity index is 547. The summed E-state index contributed by atoms with van der Waals surface area (Å²) in [5, 5.41) is 4.34. The highest BCUT2D eigenvalue weighted by Crippen LogP contribution is 2.22. The normalized spacial score (nSPS) is 12.1. The van der Waals surface area contributed by atoms with Crippen molar-refractivity contribution in [2.24, 2.45) is 5.73 Å². The van der Waals surface area contributed by atoms with Crippen molar-refractivity contribution in [2.75, 3.05) is 5.32 Å². The van der Waals surface area contributed by atoms with E-state index in [9.17, 15) is 0 Å². The van der Waals surface area contributed by atoms with Gasteiger partial charge in [0.15, 0.2) is 0 Å². The summed E-state index contributed by atoms with van der Waals surface area (Å²) in [4.78, 5) is 10.2. The Morgan fingerprint density at radius 1 is 1.39 bits per heavy atom. The molecule has 0 aliphatic rings. The number of nitrogens with zero attached hydrogens (tertiary/aromatic N) is 2. The van der Waals surface area contributed by atoms with Crippen molar-refractivity contribution in [1.29, 1.82) is 0 Å². The van der Waals surface area contributed by atoms with Gasteiger partial charge in [-0.1, -0.05) is 12.2 Å². The molecule has 2 aromatic rings. The van der Waals surface area contributed by atoms with Crippen LogP contribution in [0.25, 0.3) is 0 Å². The second kappa shape index (κ2) is 5.41. The van der Waals surface area contributed by atoms with Crippen molar-refractivity contribution in [1.82, 2.24) is 9.97 Å². The molecule has 0 fully saturated rings. The van der Waals surface area contributed by atoms with Crippen molar-refractivity contribution >= 4 is 34.4 Å². The fraction of sp³-hybridized carbons (Fsp3) is 0.250. The van der Waals surface area contributed by atoms with Gasteiger partial charge < -0.3 is 11.1 Å². The summed E-state index contributed by atoms with van der Waals surface area (Å²) in [5.41, 5.74) is 6.29. The lowest BCUT2D eigenvalue weighted by atomic mass is 10.3. The average molecular weight is 278 g/mol. The van der Waals surface area contributed by atoms with Crippen LogP contribution in [-0.2, 0) is 0 Å². The van der Waals surface area contributed by atoms with Crippen LogP contribution in [-0.4, -0.2) is 15.0 Å². The Morgan fingerprint density at radius 2 is 2.17 bits per heavy atom. The molecule has 2 aromatic heterocycles. The summed E-state index contributed by atoms with van der Waals surface area (Å²) < 4.78 is 0. The van der Waals surface area contributed by atoms with Gasteiger partial charge in [-0.2, -0.15) is 0 Å². The summed E-state index contributed by atoms with van der Waals surface area (Å²) >= 11 is 6.56. The van der Waals surface area contributed by atoms with E-state index >= 15 is 0 Å². The van der Waals surface area contributed by atoms with Gasteiger partial charge in [-0.3, -0.25) is 0 Å². The van der Waals surface area contributed by atoms with Crippen LogP contribution in [0, 0.1) is 6.92 Å². The van der Waals surface area contributed by atoms with Gasteiger partial charge in [0.2, 0.25) is 0 Å². The molecular formula is C12H14N4S2. The van der Waals surface area contributed by atoms with Crippen molar-refractivity contribution in [3.05, 3.63) is 40.0 Å². The molecule has 0 bridgehead atoms. The van der Waals surface area contributed by atoms with Gasteiger partial charge in [0.25, 0.3) is 0 Å². The van der Waals surface area contributed by atoms with E-state index in [0.717, 1.165) is 16.4 Å². The van der Waals surface area contributed by atoms with Crippen LogP contribution in [0.2, 0.25) is 0 Å². The number of thiocarbonyl (C=S) groups is 1. The molecule has 0 aromatic carbocycles. The standard InChI is InChI=1S/C12H14N4S2/c1-7-5-15-12(18-7)8(2)16-10-4-3-9(6-14-10)11(13)17/h3-6,8H,1-2H3,(H2,13,17)(H,14,16). The van der Waals surface area contributed by atoms with E-state index in [-0.39, 0.29) is 6.04 Å². The van der Waals surface area contributed by atoms with E-state index in [2.05, 4.69) is 22.2 Å². The number of pyridine rings is 1. The van der Waals surface area contributed by atoms with Gasteiger partial charge in [-0.05, 0) is 26.0 Å². The molecule has 2 rings (SSSR count). The van der Waals surface area contributed by atoms with Crippen LogP contribution in [0.5, 0.6) is 0 Å². The highest BCUT2D eigenvalue weighted by atomic mass is 32.1. The van der Waals surface area contributed by atoms with Crippen molar-refractivity contribution in [2.45, 2.75) is 19.9 Å². The SMILES string of the molecule is Cc1cnc(C(C)Nc2ccc(C(N)=S)cn2)s1. The van der Waals surface area contributed by atoms with Crippen molar-refractivity contribution in [3.63, 3.8) is 0 Å². The van der Waals surface area contributed by atoms with E-state index in [4.69, 9.17) is 18.0 Å². The number of hydrogen-bond acceptors (Lipinski definition) is 5. The number of thiazole rings is 1. The number of aromatic nitrogens is 2. The summed E-state index contributed by atoms with van der Waals surface area (Å²) in [6.07, 6.45) is 3.55. The molecule has 0 amide bonds. The van der Waals surface area contributed by atoms with E-state index in [1.165, 1.54) is 4.88 Å². The molecule has 0 saturated carbocycles. The molecule has 0 aliphatic heterocycles. The highest BCUT2D eigenvalue weighted by Gasteiger charge is 2.09. The van der Waals surface area contributed by atoms with Gasteiger partial charge in [-0.15, -0.1) is 11.3 Å². The van der Waals surface area contributed by atoms with Crippen LogP contribution < -0.4 is 11.1 Å². The Morgan fingerprint density at radius 3 is 2.67 bits per heavy atom. The molecule has 94 valence electrons. The lowest BCUT2D eigenvalue weighted by Gasteiger charge is -2.11. The average Bonchev–Trinajstić information content (AvgIpc) is 2.76. The van der Waals surface area contributed by atoms with Gasteiger partial charge in [0.1, 0.15) is 15.8 Å². The Kier molecular flexibility index (Phi) is 3.88. The molecular weight excluding hydrogens is 264 g/mol. The third-order valence-corrected chi connectivity index (χ3v) is 3.75. The topological polar surface area (TPSA) is 63.8 Å². The minimum Gasteiger partial charge on any atom is -0.389 e. The zero-order valence-electron chi connectivity index (χ0n) is 10.2. The van der Waals surface area contributed by atoms with Gasteiger partial charge in [0.05, 0.1) is 6.04 Å². The predicted octanol–water partition coefficient (Wildman–Crippen LogP) is 2.65. The first kappa shape index (κ1) is 12.9. The maximum absolute atomic E-state index is 5.52. The molecule has 0 radical (unpaired) electrons. The summed E-state index contributed by atoms with van der Waals surface area (Å²) in [5.74, 6) is 0.787. The predicted molar refractivity (Wildman–Crippen MR) is 79.0 cm³/mol. The van der Waals surface area contributed by atoms with Crippen LogP contribution in [0.3, 0.4) is 0 Å². The van der Waals surface area contributed by atoms with Gasteiger partial charge in [0, 0.05) is 22.8 Å². The third-order valence-electron chi connectivity index (χ3n) is 2.42. The maximum atomic E-state index is 5.52. The van der Waals surface area contributed by atoms with E-state index in [1.807, 2.05) is 25.3 Å². The molecule has 1 atom stereocenters. The first-order valence-corrected chi connectivity index (χ1v) is 6.73.